The highest BCUT2D eigenvalue weighted by Gasteiger charge is 2.18. The summed E-state index contributed by atoms with van der Waals surface area (Å²) in [5.74, 6) is -0.548. The van der Waals surface area contributed by atoms with E-state index in [4.69, 9.17) is 0 Å². The molecule has 0 atom stereocenters. The first-order valence-corrected chi connectivity index (χ1v) is 6.98. The molecule has 5 heteroatoms. The van der Waals surface area contributed by atoms with Crippen LogP contribution in [0.5, 0.6) is 0 Å². The maximum absolute atomic E-state index is 13.2. The molecule has 1 fully saturated rings. The molecular formula is C15H17F2N3. The molecule has 3 rings (SSSR count). The fourth-order valence-corrected chi connectivity index (χ4v) is 2.82. The third kappa shape index (κ3) is 2.81. The van der Waals surface area contributed by atoms with Crippen molar-refractivity contribution in [1.82, 2.24) is 9.55 Å². The van der Waals surface area contributed by atoms with Crippen molar-refractivity contribution in [2.45, 2.75) is 38.1 Å². The van der Waals surface area contributed by atoms with E-state index in [0.717, 1.165) is 18.9 Å². The van der Waals surface area contributed by atoms with Gasteiger partial charge in [-0.2, -0.15) is 0 Å². The second-order valence-electron chi connectivity index (χ2n) is 5.23. The van der Waals surface area contributed by atoms with Crippen LogP contribution in [0.3, 0.4) is 0 Å². The molecule has 106 valence electrons. The van der Waals surface area contributed by atoms with Crippen molar-refractivity contribution in [2.24, 2.45) is 0 Å². The summed E-state index contributed by atoms with van der Waals surface area (Å²) in [5, 5.41) is 3.00. The van der Waals surface area contributed by atoms with Crippen LogP contribution in [0.1, 0.15) is 38.1 Å². The Kier molecular flexibility index (Phi) is 3.67. The largest absolute Gasteiger partial charge is 0.325 e. The van der Waals surface area contributed by atoms with E-state index in [0.29, 0.717) is 17.7 Å². The molecule has 2 aromatic rings. The van der Waals surface area contributed by atoms with Gasteiger partial charge in [-0.3, -0.25) is 0 Å². The number of nitrogens with one attached hydrogen (secondary N) is 1. The maximum atomic E-state index is 13.2. The summed E-state index contributed by atoms with van der Waals surface area (Å²) in [6, 6.07) is 3.82. The summed E-state index contributed by atoms with van der Waals surface area (Å²) >= 11 is 0. The highest BCUT2D eigenvalue weighted by Crippen LogP contribution is 2.31. The molecule has 0 amide bonds. The summed E-state index contributed by atoms with van der Waals surface area (Å²) in [6.45, 7) is 0. The van der Waals surface area contributed by atoms with Gasteiger partial charge in [0.25, 0.3) is 0 Å². The molecule has 1 saturated carbocycles. The van der Waals surface area contributed by atoms with Gasteiger partial charge < -0.3 is 9.88 Å². The molecule has 0 unspecified atom stereocenters. The van der Waals surface area contributed by atoms with Crippen molar-refractivity contribution >= 4 is 11.6 Å². The molecule has 1 N–H and O–H groups in total. The lowest BCUT2D eigenvalue weighted by Gasteiger charge is -2.24. The van der Waals surface area contributed by atoms with Gasteiger partial charge in [-0.05, 0) is 25.0 Å². The second-order valence-corrected chi connectivity index (χ2v) is 5.23. The number of nitrogens with zero attached hydrogens (tertiary/aromatic N) is 2. The zero-order chi connectivity index (χ0) is 13.9. The van der Waals surface area contributed by atoms with Gasteiger partial charge in [0.15, 0.2) is 0 Å². The van der Waals surface area contributed by atoms with Crippen LogP contribution >= 0.6 is 0 Å². The Balaban J connectivity index is 1.82. The standard InChI is InChI=1S/C15H17F2N3/c16-11-8-12(17)10-13(9-11)19-15-18-6-7-20(15)14-4-2-1-3-5-14/h6-10,14H,1-5H2,(H,18,19). The van der Waals surface area contributed by atoms with Crippen molar-refractivity contribution < 1.29 is 8.78 Å². The van der Waals surface area contributed by atoms with Gasteiger partial charge in [0, 0.05) is 30.2 Å². The van der Waals surface area contributed by atoms with E-state index >= 15 is 0 Å². The lowest BCUT2D eigenvalue weighted by molar-refractivity contribution is 0.356. The molecule has 20 heavy (non-hydrogen) atoms. The minimum atomic E-state index is -0.594. The molecule has 0 aliphatic heterocycles. The van der Waals surface area contributed by atoms with Gasteiger partial charge in [-0.25, -0.2) is 13.8 Å². The van der Waals surface area contributed by atoms with E-state index in [9.17, 15) is 8.78 Å². The molecule has 0 spiro atoms. The van der Waals surface area contributed by atoms with E-state index in [1.807, 2.05) is 6.20 Å². The van der Waals surface area contributed by atoms with Crippen LogP contribution in [0.4, 0.5) is 20.4 Å². The summed E-state index contributed by atoms with van der Waals surface area (Å²) in [6.07, 6.45) is 9.61. The van der Waals surface area contributed by atoms with E-state index in [-0.39, 0.29) is 0 Å². The molecule has 1 aromatic heterocycles. The minimum Gasteiger partial charge on any atom is -0.325 e. The Morgan fingerprint density at radius 3 is 2.45 bits per heavy atom. The van der Waals surface area contributed by atoms with E-state index < -0.39 is 11.6 Å². The van der Waals surface area contributed by atoms with Crippen LogP contribution in [0.2, 0.25) is 0 Å². The SMILES string of the molecule is Fc1cc(F)cc(Nc2nccn2C2CCCCC2)c1. The van der Waals surface area contributed by atoms with Crippen molar-refractivity contribution in [2.75, 3.05) is 5.32 Å². The smallest absolute Gasteiger partial charge is 0.207 e. The summed E-state index contributed by atoms with van der Waals surface area (Å²) < 4.78 is 28.5. The van der Waals surface area contributed by atoms with Crippen molar-refractivity contribution in [3.05, 3.63) is 42.2 Å². The van der Waals surface area contributed by atoms with Gasteiger partial charge in [-0.1, -0.05) is 19.3 Å². The highest BCUT2D eigenvalue weighted by molar-refractivity contribution is 5.53. The Labute approximate surface area is 116 Å². The third-order valence-corrected chi connectivity index (χ3v) is 3.76. The zero-order valence-electron chi connectivity index (χ0n) is 11.1. The van der Waals surface area contributed by atoms with Gasteiger partial charge in [0.2, 0.25) is 5.95 Å². The highest BCUT2D eigenvalue weighted by atomic mass is 19.1. The fourth-order valence-electron chi connectivity index (χ4n) is 2.82. The normalized spacial score (nSPS) is 16.3. The van der Waals surface area contributed by atoms with Crippen LogP contribution in [0.15, 0.2) is 30.6 Å². The maximum Gasteiger partial charge on any atom is 0.207 e. The van der Waals surface area contributed by atoms with Gasteiger partial charge in [0.1, 0.15) is 11.6 Å². The first-order chi connectivity index (χ1) is 9.72. The van der Waals surface area contributed by atoms with Crippen molar-refractivity contribution in [3.63, 3.8) is 0 Å². The number of imidazole rings is 1. The average Bonchev–Trinajstić information content (AvgIpc) is 2.86. The zero-order valence-corrected chi connectivity index (χ0v) is 11.1. The van der Waals surface area contributed by atoms with Crippen molar-refractivity contribution in [1.29, 1.82) is 0 Å². The van der Waals surface area contributed by atoms with Gasteiger partial charge >= 0.3 is 0 Å². The molecule has 1 aliphatic rings. The molecule has 0 saturated heterocycles. The first kappa shape index (κ1) is 13.1. The number of hydrogen-bond donors (Lipinski definition) is 1. The number of anilines is 2. The molecule has 0 bridgehead atoms. The monoisotopic (exact) mass is 277 g/mol. The Hall–Kier alpha value is -1.91. The Morgan fingerprint density at radius 1 is 1.05 bits per heavy atom. The van der Waals surface area contributed by atoms with E-state index in [2.05, 4.69) is 14.9 Å². The van der Waals surface area contributed by atoms with Gasteiger partial charge in [-0.15, -0.1) is 0 Å². The number of benzene rings is 1. The Morgan fingerprint density at radius 2 is 1.75 bits per heavy atom. The number of hydrogen-bond acceptors (Lipinski definition) is 2. The van der Waals surface area contributed by atoms with Crippen LogP contribution < -0.4 is 5.32 Å². The molecule has 0 radical (unpaired) electrons. The van der Waals surface area contributed by atoms with Gasteiger partial charge in [0.05, 0.1) is 0 Å². The number of aromatic nitrogens is 2. The first-order valence-electron chi connectivity index (χ1n) is 6.98. The fraction of sp³-hybridized carbons (Fsp3) is 0.400. The van der Waals surface area contributed by atoms with E-state index in [1.54, 1.807) is 6.20 Å². The molecule has 1 aliphatic carbocycles. The predicted molar refractivity (Wildman–Crippen MR) is 74.0 cm³/mol. The van der Waals surface area contributed by atoms with Crippen LogP contribution in [-0.4, -0.2) is 9.55 Å². The summed E-state index contributed by atoms with van der Waals surface area (Å²) in [4.78, 5) is 4.25. The number of halogens is 2. The van der Waals surface area contributed by atoms with Crippen molar-refractivity contribution in [3.8, 4) is 0 Å². The third-order valence-electron chi connectivity index (χ3n) is 3.76. The molecule has 1 aromatic carbocycles. The number of rotatable bonds is 3. The lowest BCUT2D eigenvalue weighted by Crippen LogP contribution is -2.14. The molecular weight excluding hydrogens is 260 g/mol. The van der Waals surface area contributed by atoms with E-state index in [1.165, 1.54) is 31.4 Å². The predicted octanol–water partition coefficient (Wildman–Crippen LogP) is 4.41. The van der Waals surface area contributed by atoms with Crippen LogP contribution in [0.25, 0.3) is 0 Å². The summed E-state index contributed by atoms with van der Waals surface area (Å²) in [5.41, 5.74) is 0.380. The average molecular weight is 277 g/mol. The Bertz CT molecular complexity index is 568. The topological polar surface area (TPSA) is 29.9 Å². The lowest BCUT2D eigenvalue weighted by atomic mass is 9.95. The van der Waals surface area contributed by atoms with Crippen LogP contribution in [0, 0.1) is 11.6 Å². The molecule has 3 nitrogen and oxygen atoms in total. The second kappa shape index (κ2) is 5.61. The quantitative estimate of drug-likeness (QED) is 0.900. The molecule has 1 heterocycles. The van der Waals surface area contributed by atoms with Crippen LogP contribution in [-0.2, 0) is 0 Å². The minimum absolute atomic E-state index is 0.380. The summed E-state index contributed by atoms with van der Waals surface area (Å²) in [7, 11) is 0.